The minimum Gasteiger partial charge on any atom is -0.515 e. The van der Waals surface area contributed by atoms with Crippen LogP contribution < -0.4 is 5.32 Å². The topological polar surface area (TPSA) is 101 Å². The molecule has 0 saturated heterocycles. The van der Waals surface area contributed by atoms with Crippen molar-refractivity contribution in [3.05, 3.63) is 34.5 Å². The van der Waals surface area contributed by atoms with Gasteiger partial charge in [0.05, 0.1) is 36.1 Å². The maximum Gasteiger partial charge on any atom is 0.280 e. The highest BCUT2D eigenvalue weighted by molar-refractivity contribution is 7.98. The third-order valence-electron chi connectivity index (χ3n) is 1.80. The van der Waals surface area contributed by atoms with E-state index in [1.54, 1.807) is 6.07 Å². The molecule has 18 heavy (non-hydrogen) atoms. The van der Waals surface area contributed by atoms with Gasteiger partial charge in [-0.05, 0) is 6.26 Å². The Hall–Kier alpha value is -2.43. The third-order valence-corrected chi connectivity index (χ3v) is 2.41. The average Bonchev–Trinajstić information content (AvgIpc) is 2.39. The van der Waals surface area contributed by atoms with Crippen LogP contribution in [0.15, 0.2) is 23.1 Å². The first kappa shape index (κ1) is 15.6. The van der Waals surface area contributed by atoms with Gasteiger partial charge in [-0.1, -0.05) is 0 Å². The molecule has 6 nitrogen and oxygen atoms in total. The predicted octanol–water partition coefficient (Wildman–Crippen LogP) is 1.13. The lowest BCUT2D eigenvalue weighted by Crippen LogP contribution is -2.28. The molecule has 0 aromatic heterocycles. The van der Waals surface area contributed by atoms with Gasteiger partial charge in [-0.2, -0.15) is 17.0 Å². The first-order chi connectivity index (χ1) is 8.65. The normalized spacial score (nSPS) is 11.6. The molecular formula is C11H10N4O2S. The van der Waals surface area contributed by atoms with Crippen molar-refractivity contribution >= 4 is 17.7 Å². The molecule has 0 aliphatic rings. The lowest BCUT2D eigenvalue weighted by molar-refractivity contribution is -0.117. The number of aliphatic hydroxyl groups is 1. The Labute approximate surface area is 109 Å². The van der Waals surface area contributed by atoms with E-state index in [-0.39, 0.29) is 5.57 Å². The minimum absolute atomic E-state index is 0.357. The number of hydrogen-bond acceptors (Lipinski definition) is 5. The Kier molecular flexibility index (Phi) is 7.52. The summed E-state index contributed by atoms with van der Waals surface area (Å²) in [4.78, 5) is 14.5. The molecule has 0 fully saturated rings. The van der Waals surface area contributed by atoms with Crippen LogP contribution in [0.3, 0.4) is 0 Å². The largest absolute Gasteiger partial charge is 0.515 e. The number of nitriles is 2. The Morgan fingerprint density at radius 3 is 2.61 bits per heavy atom. The van der Waals surface area contributed by atoms with Gasteiger partial charge in [0.2, 0.25) is 0 Å². The van der Waals surface area contributed by atoms with Gasteiger partial charge in [-0.25, -0.2) is 10.1 Å². The average molecular weight is 262 g/mol. The van der Waals surface area contributed by atoms with Crippen molar-refractivity contribution in [3.63, 3.8) is 0 Å². The van der Waals surface area contributed by atoms with E-state index >= 15 is 0 Å². The van der Waals surface area contributed by atoms with E-state index in [0.717, 1.165) is 0 Å². The van der Waals surface area contributed by atoms with Gasteiger partial charge in [0.15, 0.2) is 0 Å². The van der Waals surface area contributed by atoms with Crippen LogP contribution in [0.25, 0.3) is 4.85 Å². The standard InChI is InChI=1S/C11H10N4O2S/c1-14-10(6-13)8(5-12)9(7-16)11(17)15-3-4-18-2/h7,16H,3-4H2,2H3,(H,15,17)/b9-7-,10-8-. The maximum absolute atomic E-state index is 11.6. The summed E-state index contributed by atoms with van der Waals surface area (Å²) >= 11 is 1.52. The van der Waals surface area contributed by atoms with Gasteiger partial charge in [0, 0.05) is 12.3 Å². The number of carbonyl (C=O) groups is 1. The monoisotopic (exact) mass is 262 g/mol. The van der Waals surface area contributed by atoms with Gasteiger partial charge in [0.1, 0.15) is 0 Å². The summed E-state index contributed by atoms with van der Waals surface area (Å²) in [5.74, 6) is -0.0243. The second kappa shape index (κ2) is 8.69. The highest BCUT2D eigenvalue weighted by atomic mass is 32.2. The van der Waals surface area contributed by atoms with Crippen molar-refractivity contribution in [2.75, 3.05) is 18.6 Å². The summed E-state index contributed by atoms with van der Waals surface area (Å²) in [7, 11) is 0. The van der Waals surface area contributed by atoms with Gasteiger partial charge in [0.25, 0.3) is 11.6 Å². The molecule has 0 bridgehead atoms. The first-order valence-corrected chi connectivity index (χ1v) is 6.09. The van der Waals surface area contributed by atoms with E-state index in [4.69, 9.17) is 22.2 Å². The zero-order chi connectivity index (χ0) is 14.0. The number of rotatable bonds is 5. The summed E-state index contributed by atoms with van der Waals surface area (Å²) in [6.07, 6.45) is 2.29. The molecule has 0 aliphatic carbocycles. The number of allylic oxidation sites excluding steroid dienone is 1. The number of aliphatic hydroxyl groups excluding tert-OH is 1. The second-order valence-corrected chi connectivity index (χ2v) is 3.84. The summed E-state index contributed by atoms with van der Waals surface area (Å²) < 4.78 is 0. The van der Waals surface area contributed by atoms with Crippen LogP contribution in [-0.2, 0) is 4.79 Å². The van der Waals surface area contributed by atoms with Crippen LogP contribution in [0, 0.1) is 29.2 Å². The van der Waals surface area contributed by atoms with E-state index < -0.39 is 17.2 Å². The van der Waals surface area contributed by atoms with Crippen molar-refractivity contribution in [2.45, 2.75) is 0 Å². The molecule has 2 N–H and O–H groups in total. The lowest BCUT2D eigenvalue weighted by Gasteiger charge is -2.06. The number of thioether (sulfide) groups is 1. The summed E-state index contributed by atoms with van der Waals surface area (Å²) in [6.45, 7) is 7.08. The van der Waals surface area contributed by atoms with Crippen molar-refractivity contribution < 1.29 is 9.90 Å². The second-order valence-electron chi connectivity index (χ2n) is 2.85. The van der Waals surface area contributed by atoms with E-state index in [9.17, 15) is 4.79 Å². The van der Waals surface area contributed by atoms with Crippen LogP contribution in [-0.4, -0.2) is 29.6 Å². The molecule has 0 aliphatic heterocycles. The third kappa shape index (κ3) is 4.21. The number of nitrogens with one attached hydrogen (secondary N) is 1. The number of amides is 1. The molecule has 0 saturated carbocycles. The van der Waals surface area contributed by atoms with Crippen LogP contribution in [0.4, 0.5) is 0 Å². The summed E-state index contributed by atoms with van der Waals surface area (Å²) in [5.41, 5.74) is -1.35. The maximum atomic E-state index is 11.6. The minimum atomic E-state index is -0.695. The predicted molar refractivity (Wildman–Crippen MR) is 67.0 cm³/mol. The van der Waals surface area contributed by atoms with Gasteiger partial charge < -0.3 is 10.4 Å². The highest BCUT2D eigenvalue weighted by Gasteiger charge is 2.18. The van der Waals surface area contributed by atoms with Crippen molar-refractivity contribution in [3.8, 4) is 12.1 Å². The summed E-state index contributed by atoms with van der Waals surface area (Å²) in [6, 6.07) is 3.08. The molecule has 0 aromatic rings. The fourth-order valence-corrected chi connectivity index (χ4v) is 1.28. The molecule has 0 rings (SSSR count). The van der Waals surface area contributed by atoms with Gasteiger partial charge >= 0.3 is 0 Å². The molecule has 0 unspecified atom stereocenters. The first-order valence-electron chi connectivity index (χ1n) is 4.70. The molecule has 0 atom stereocenters. The van der Waals surface area contributed by atoms with Crippen LogP contribution >= 0.6 is 11.8 Å². The highest BCUT2D eigenvalue weighted by Crippen LogP contribution is 2.15. The number of hydrogen-bond donors (Lipinski definition) is 2. The summed E-state index contributed by atoms with van der Waals surface area (Å²) in [5, 5.41) is 28.9. The van der Waals surface area contributed by atoms with Crippen LogP contribution in [0.2, 0.25) is 0 Å². The van der Waals surface area contributed by atoms with E-state index in [1.165, 1.54) is 17.8 Å². The van der Waals surface area contributed by atoms with Gasteiger partial charge in [-0.3, -0.25) is 4.79 Å². The molecule has 0 heterocycles. The van der Waals surface area contributed by atoms with Crippen LogP contribution in [0.1, 0.15) is 0 Å². The smallest absolute Gasteiger partial charge is 0.280 e. The molecule has 7 heteroatoms. The molecule has 92 valence electrons. The lowest BCUT2D eigenvalue weighted by atomic mass is 10.1. The quantitative estimate of drug-likeness (QED) is 0.193. The van der Waals surface area contributed by atoms with E-state index in [1.807, 2.05) is 6.26 Å². The van der Waals surface area contributed by atoms with Crippen molar-refractivity contribution in [2.24, 2.45) is 0 Å². The number of carbonyl (C=O) groups excluding carboxylic acids is 1. The fourth-order valence-electron chi connectivity index (χ4n) is 0.976. The molecular weight excluding hydrogens is 252 g/mol. The Morgan fingerprint density at radius 2 is 2.22 bits per heavy atom. The zero-order valence-corrected chi connectivity index (χ0v) is 10.4. The van der Waals surface area contributed by atoms with Gasteiger partial charge in [-0.15, -0.1) is 0 Å². The Balaban J connectivity index is 5.19. The molecule has 1 amide bonds. The molecule has 0 spiro atoms. The Bertz CT molecular complexity index is 487. The molecule has 0 aromatic carbocycles. The van der Waals surface area contributed by atoms with Crippen molar-refractivity contribution in [1.82, 2.24) is 5.32 Å². The zero-order valence-electron chi connectivity index (χ0n) is 9.60. The Morgan fingerprint density at radius 1 is 1.56 bits per heavy atom. The fraction of sp³-hybridized carbons (Fsp3) is 0.273. The van der Waals surface area contributed by atoms with Crippen LogP contribution in [0.5, 0.6) is 0 Å². The number of nitrogens with zero attached hydrogens (tertiary/aromatic N) is 3. The van der Waals surface area contributed by atoms with E-state index in [2.05, 4.69) is 10.2 Å². The molecule has 0 radical (unpaired) electrons. The van der Waals surface area contributed by atoms with Crippen molar-refractivity contribution in [1.29, 1.82) is 10.5 Å². The SMILES string of the molecule is [C-]#[N+]/C(C#N)=C(C#N)\C(=C\O)C(=O)NCCSC. The van der Waals surface area contributed by atoms with E-state index in [0.29, 0.717) is 18.6 Å².